The van der Waals surface area contributed by atoms with Gasteiger partial charge in [-0.3, -0.25) is 19.3 Å². The van der Waals surface area contributed by atoms with Crippen molar-refractivity contribution in [2.24, 2.45) is 11.7 Å². The molecule has 1 fully saturated rings. The van der Waals surface area contributed by atoms with Gasteiger partial charge in [0.15, 0.2) is 0 Å². The molecule has 0 aromatic heterocycles. The number of rotatable bonds is 9. The summed E-state index contributed by atoms with van der Waals surface area (Å²) >= 11 is 0. The number of nitrogens with two attached hydrogens (primary N) is 1. The zero-order chi connectivity index (χ0) is 22.8. The Morgan fingerprint density at radius 1 is 1.16 bits per heavy atom. The van der Waals surface area contributed by atoms with Crippen LogP contribution < -0.4 is 16.4 Å². The lowest BCUT2D eigenvalue weighted by Crippen LogP contribution is -2.57. The Morgan fingerprint density at radius 2 is 1.87 bits per heavy atom. The molecule has 31 heavy (non-hydrogen) atoms. The number of hydrogen-bond donors (Lipinski definition) is 3. The number of carbonyl (C=O) groups excluding carboxylic acids is 4. The van der Waals surface area contributed by atoms with Crippen molar-refractivity contribution in [3.63, 3.8) is 0 Å². The highest BCUT2D eigenvalue weighted by Gasteiger charge is 2.35. The highest BCUT2D eigenvalue weighted by atomic mass is 16.6. The molecule has 2 rings (SSSR count). The fraction of sp³-hybridized carbons (Fsp3) is 0.545. The Hall–Kier alpha value is -3.10. The minimum Gasteiger partial charge on any atom is -0.445 e. The van der Waals surface area contributed by atoms with Crippen LogP contribution in [0.15, 0.2) is 30.3 Å². The summed E-state index contributed by atoms with van der Waals surface area (Å²) in [5.74, 6) is -1.42. The lowest BCUT2D eigenvalue weighted by Gasteiger charge is -2.34. The molecular formula is C22H32N4O5. The number of ether oxygens (including phenoxy) is 1. The second-order valence-electron chi connectivity index (χ2n) is 8.12. The number of carbonyl (C=O) groups is 4. The van der Waals surface area contributed by atoms with Gasteiger partial charge in [-0.25, -0.2) is 4.79 Å². The van der Waals surface area contributed by atoms with Gasteiger partial charge < -0.3 is 21.1 Å². The first-order chi connectivity index (χ1) is 14.8. The van der Waals surface area contributed by atoms with E-state index < -0.39 is 35.9 Å². The lowest BCUT2D eigenvalue weighted by atomic mass is 9.99. The van der Waals surface area contributed by atoms with Crippen LogP contribution in [0.5, 0.6) is 0 Å². The van der Waals surface area contributed by atoms with E-state index in [0.717, 1.165) is 18.4 Å². The first-order valence-electron chi connectivity index (χ1n) is 10.6. The molecule has 170 valence electrons. The number of hydrogen-bond acceptors (Lipinski definition) is 5. The maximum atomic E-state index is 13.0. The summed E-state index contributed by atoms with van der Waals surface area (Å²) in [6, 6.07) is 7.77. The van der Waals surface area contributed by atoms with Crippen LogP contribution in [0.2, 0.25) is 0 Å². The molecule has 0 spiro atoms. The third-order valence-electron chi connectivity index (χ3n) is 5.02. The molecule has 4 amide bonds. The second-order valence-corrected chi connectivity index (χ2v) is 8.12. The molecule has 0 unspecified atom stereocenters. The standard InChI is InChI=1S/C22H32N4O5/c1-15(2)12-17(20(28)24-13-19(23)27)25-21(29)18-10-6-7-11-26(18)22(30)31-14-16-8-4-3-5-9-16/h3-5,8-9,15,17-18H,6-7,10-14H2,1-2H3,(H2,23,27)(H,24,28)(H,25,29)/t17-,18-/m0/s1. The van der Waals surface area contributed by atoms with E-state index in [1.165, 1.54) is 4.90 Å². The van der Waals surface area contributed by atoms with Gasteiger partial charge in [-0.15, -0.1) is 0 Å². The van der Waals surface area contributed by atoms with Gasteiger partial charge in [-0.2, -0.15) is 0 Å². The number of amides is 4. The number of likely N-dealkylation sites (tertiary alicyclic amines) is 1. The van der Waals surface area contributed by atoms with E-state index in [-0.39, 0.29) is 19.1 Å². The van der Waals surface area contributed by atoms with Crippen LogP contribution in [0.25, 0.3) is 0 Å². The predicted octanol–water partition coefficient (Wildman–Crippen LogP) is 1.31. The largest absolute Gasteiger partial charge is 0.445 e. The Morgan fingerprint density at radius 3 is 2.52 bits per heavy atom. The van der Waals surface area contributed by atoms with Crippen molar-refractivity contribution in [2.45, 2.75) is 58.2 Å². The molecule has 1 heterocycles. The van der Waals surface area contributed by atoms with Crippen molar-refractivity contribution in [3.8, 4) is 0 Å². The van der Waals surface area contributed by atoms with Crippen LogP contribution in [0.3, 0.4) is 0 Å². The summed E-state index contributed by atoms with van der Waals surface area (Å²) in [6.07, 6.45) is 1.90. The van der Waals surface area contributed by atoms with Gasteiger partial charge in [-0.1, -0.05) is 44.2 Å². The SMILES string of the molecule is CC(C)C[C@H](NC(=O)[C@@H]1CCCCN1C(=O)OCc1ccccc1)C(=O)NCC(N)=O. The fourth-order valence-corrected chi connectivity index (χ4v) is 3.49. The fourth-order valence-electron chi connectivity index (χ4n) is 3.49. The number of piperidine rings is 1. The molecule has 0 aliphatic carbocycles. The number of primary amides is 1. The molecule has 0 bridgehead atoms. The van der Waals surface area contributed by atoms with Crippen molar-refractivity contribution in [2.75, 3.05) is 13.1 Å². The molecule has 1 aromatic carbocycles. The number of nitrogens with one attached hydrogen (secondary N) is 2. The van der Waals surface area contributed by atoms with Gasteiger partial charge in [0.2, 0.25) is 17.7 Å². The quantitative estimate of drug-likeness (QED) is 0.541. The molecule has 1 saturated heterocycles. The van der Waals surface area contributed by atoms with Crippen LogP contribution in [0.4, 0.5) is 4.79 Å². The topological polar surface area (TPSA) is 131 Å². The molecule has 1 aromatic rings. The normalized spacial score (nSPS) is 17.0. The van der Waals surface area contributed by atoms with E-state index in [4.69, 9.17) is 10.5 Å². The van der Waals surface area contributed by atoms with Crippen molar-refractivity contribution in [3.05, 3.63) is 35.9 Å². The van der Waals surface area contributed by atoms with Crippen LogP contribution in [0, 0.1) is 5.92 Å². The molecule has 4 N–H and O–H groups in total. The average molecular weight is 433 g/mol. The molecule has 2 atom stereocenters. The summed E-state index contributed by atoms with van der Waals surface area (Å²) in [7, 11) is 0. The first-order valence-corrected chi connectivity index (χ1v) is 10.6. The lowest BCUT2D eigenvalue weighted by molar-refractivity contribution is -0.133. The summed E-state index contributed by atoms with van der Waals surface area (Å²) in [5.41, 5.74) is 5.94. The predicted molar refractivity (Wildman–Crippen MR) is 115 cm³/mol. The molecule has 9 nitrogen and oxygen atoms in total. The van der Waals surface area contributed by atoms with Crippen molar-refractivity contribution >= 4 is 23.8 Å². The van der Waals surface area contributed by atoms with Crippen LogP contribution >= 0.6 is 0 Å². The molecule has 1 aliphatic heterocycles. The van der Waals surface area contributed by atoms with Gasteiger partial charge in [0, 0.05) is 6.54 Å². The molecular weight excluding hydrogens is 400 g/mol. The summed E-state index contributed by atoms with van der Waals surface area (Å²) < 4.78 is 5.41. The Labute approximate surface area is 182 Å². The summed E-state index contributed by atoms with van der Waals surface area (Å²) in [4.78, 5) is 50.5. The third kappa shape index (κ3) is 7.92. The zero-order valence-electron chi connectivity index (χ0n) is 18.1. The zero-order valence-corrected chi connectivity index (χ0v) is 18.1. The third-order valence-corrected chi connectivity index (χ3v) is 5.02. The van der Waals surface area contributed by atoms with Crippen LogP contribution in [0.1, 0.15) is 45.1 Å². The van der Waals surface area contributed by atoms with Gasteiger partial charge in [0.25, 0.3) is 0 Å². The van der Waals surface area contributed by atoms with Crippen LogP contribution in [-0.2, 0) is 25.7 Å². The molecule has 9 heteroatoms. The van der Waals surface area contributed by atoms with E-state index in [9.17, 15) is 19.2 Å². The molecule has 0 radical (unpaired) electrons. The number of nitrogens with zero attached hydrogens (tertiary/aromatic N) is 1. The summed E-state index contributed by atoms with van der Waals surface area (Å²) in [5, 5.41) is 5.18. The Bertz CT molecular complexity index is 768. The average Bonchev–Trinajstić information content (AvgIpc) is 2.75. The Kier molecular flexibility index (Phi) is 9.30. The van der Waals surface area contributed by atoms with E-state index in [2.05, 4.69) is 10.6 Å². The van der Waals surface area contributed by atoms with Crippen LogP contribution in [-0.4, -0.2) is 53.9 Å². The first kappa shape index (κ1) is 24.2. The van der Waals surface area contributed by atoms with E-state index >= 15 is 0 Å². The summed E-state index contributed by atoms with van der Waals surface area (Å²) in [6.45, 7) is 4.08. The molecule has 1 aliphatic rings. The van der Waals surface area contributed by atoms with E-state index in [1.807, 2.05) is 44.2 Å². The maximum absolute atomic E-state index is 13.0. The molecule has 0 saturated carbocycles. The van der Waals surface area contributed by atoms with E-state index in [0.29, 0.717) is 19.4 Å². The van der Waals surface area contributed by atoms with Crippen molar-refractivity contribution in [1.29, 1.82) is 0 Å². The van der Waals surface area contributed by atoms with Crippen molar-refractivity contribution < 1.29 is 23.9 Å². The number of benzene rings is 1. The van der Waals surface area contributed by atoms with E-state index in [1.54, 1.807) is 0 Å². The Balaban J connectivity index is 2.01. The monoisotopic (exact) mass is 432 g/mol. The van der Waals surface area contributed by atoms with Gasteiger partial charge in [-0.05, 0) is 37.2 Å². The minimum absolute atomic E-state index is 0.121. The minimum atomic E-state index is -0.823. The highest BCUT2D eigenvalue weighted by Crippen LogP contribution is 2.19. The van der Waals surface area contributed by atoms with Gasteiger partial charge >= 0.3 is 6.09 Å². The second kappa shape index (κ2) is 11.9. The van der Waals surface area contributed by atoms with Crippen molar-refractivity contribution in [1.82, 2.24) is 15.5 Å². The highest BCUT2D eigenvalue weighted by molar-refractivity contribution is 5.92. The smallest absolute Gasteiger partial charge is 0.410 e. The van der Waals surface area contributed by atoms with Gasteiger partial charge in [0.1, 0.15) is 18.7 Å². The van der Waals surface area contributed by atoms with Gasteiger partial charge in [0.05, 0.1) is 6.54 Å². The maximum Gasteiger partial charge on any atom is 0.410 e.